The van der Waals surface area contributed by atoms with Crippen LogP contribution in [0.25, 0.3) is 0 Å². The minimum atomic E-state index is -4.17. The highest BCUT2D eigenvalue weighted by atomic mass is 79.9. The molecule has 0 saturated carbocycles. The van der Waals surface area contributed by atoms with Crippen molar-refractivity contribution in [3.8, 4) is 0 Å². The Morgan fingerprint density at radius 3 is 2.04 bits per heavy atom. The summed E-state index contributed by atoms with van der Waals surface area (Å²) >= 11 is 3.22. The van der Waals surface area contributed by atoms with E-state index in [1.807, 2.05) is 0 Å². The molecule has 1 aromatic rings. The lowest BCUT2D eigenvalue weighted by molar-refractivity contribution is -0.546. The second-order valence-electron chi connectivity index (χ2n) is 5.45. The summed E-state index contributed by atoms with van der Waals surface area (Å²) in [5.41, 5.74) is 0. The zero-order valence-corrected chi connectivity index (χ0v) is 18.2. The van der Waals surface area contributed by atoms with Crippen molar-refractivity contribution in [2.24, 2.45) is 0 Å². The molecule has 0 bridgehead atoms. The summed E-state index contributed by atoms with van der Waals surface area (Å²) in [4.78, 5) is 11.1. The first-order valence-electron chi connectivity index (χ1n) is 8.10. The highest BCUT2D eigenvalue weighted by Gasteiger charge is 2.61. The summed E-state index contributed by atoms with van der Waals surface area (Å²) in [6.45, 7) is 4.47. The van der Waals surface area contributed by atoms with Crippen molar-refractivity contribution < 1.29 is 27.0 Å². The number of nitro groups is 1. The molecule has 1 aromatic carbocycles. The molecule has 0 radical (unpaired) electrons. The van der Waals surface area contributed by atoms with Gasteiger partial charge in [0.2, 0.25) is 0 Å². The fraction of sp³-hybridized carbons (Fsp3) is 0.600. The van der Waals surface area contributed by atoms with Gasteiger partial charge in [-0.3, -0.25) is 14.7 Å². The van der Waals surface area contributed by atoms with Gasteiger partial charge in [-0.2, -0.15) is 0 Å². The summed E-state index contributed by atoms with van der Waals surface area (Å²) in [5.74, 6) is -0.548. The van der Waals surface area contributed by atoms with E-state index in [-0.39, 0.29) is 24.5 Å². The summed E-state index contributed by atoms with van der Waals surface area (Å²) in [6.07, 6.45) is -0.667. The van der Waals surface area contributed by atoms with Crippen molar-refractivity contribution in [2.75, 3.05) is 19.0 Å². The van der Waals surface area contributed by atoms with Gasteiger partial charge in [0.05, 0.1) is 23.9 Å². The third kappa shape index (κ3) is 4.92. The van der Waals surface area contributed by atoms with Gasteiger partial charge in [0.25, 0.3) is 0 Å². The largest absolute Gasteiger partial charge is 0.406 e. The number of rotatable bonds is 11. The van der Waals surface area contributed by atoms with Crippen LogP contribution >= 0.6 is 23.5 Å². The monoisotopic (exact) mass is 471 g/mol. The van der Waals surface area contributed by atoms with Crippen molar-refractivity contribution in [1.29, 1.82) is 0 Å². The Labute approximate surface area is 162 Å². The predicted molar refractivity (Wildman–Crippen MR) is 102 cm³/mol. The quantitative estimate of drug-likeness (QED) is 0.269. The van der Waals surface area contributed by atoms with Gasteiger partial charge < -0.3 is 9.05 Å². The third-order valence-electron chi connectivity index (χ3n) is 3.96. The molecule has 11 heteroatoms. The van der Waals surface area contributed by atoms with Crippen LogP contribution < -0.4 is 0 Å². The van der Waals surface area contributed by atoms with Gasteiger partial charge in [0.1, 0.15) is 0 Å². The summed E-state index contributed by atoms with van der Waals surface area (Å²) < 4.78 is 49.3. The van der Waals surface area contributed by atoms with Gasteiger partial charge in [0.15, 0.2) is 9.84 Å². The summed E-state index contributed by atoms with van der Waals surface area (Å²) in [5, 5.41) is 9.70. The molecule has 8 nitrogen and oxygen atoms in total. The summed E-state index contributed by atoms with van der Waals surface area (Å²) in [7, 11) is -7.97. The van der Waals surface area contributed by atoms with Crippen LogP contribution in [0.5, 0.6) is 0 Å². The number of nitrogens with zero attached hydrogens (tertiary/aromatic N) is 1. The standard InChI is InChI=1S/C15H23BrNO7PS/c1-4-15(17(18)19,25(20,23-5-2)24-6-3)11-12-26(21,22)14-9-7-13(16)8-10-14/h7-10H,4-6,11-12H2,1-3H3/t15-/m0/s1. The van der Waals surface area contributed by atoms with Crippen molar-refractivity contribution in [2.45, 2.75) is 43.8 Å². The fourth-order valence-corrected chi connectivity index (χ4v) is 6.52. The van der Waals surface area contributed by atoms with E-state index in [2.05, 4.69) is 15.9 Å². The van der Waals surface area contributed by atoms with Crippen LogP contribution in [0.3, 0.4) is 0 Å². The molecule has 0 unspecified atom stereocenters. The maximum absolute atomic E-state index is 13.1. The predicted octanol–water partition coefficient (Wildman–Crippen LogP) is 4.26. The number of sulfone groups is 1. The molecule has 0 aliphatic heterocycles. The van der Waals surface area contributed by atoms with E-state index in [0.29, 0.717) is 4.47 Å². The molecule has 0 amide bonds. The number of benzene rings is 1. The van der Waals surface area contributed by atoms with Gasteiger partial charge in [-0.15, -0.1) is 0 Å². The van der Waals surface area contributed by atoms with Gasteiger partial charge >= 0.3 is 12.9 Å². The van der Waals surface area contributed by atoms with E-state index in [0.717, 1.165) is 0 Å². The first-order valence-corrected chi connectivity index (χ1v) is 12.1. The van der Waals surface area contributed by atoms with E-state index in [9.17, 15) is 23.1 Å². The average molecular weight is 472 g/mol. The molecule has 26 heavy (non-hydrogen) atoms. The molecular weight excluding hydrogens is 449 g/mol. The van der Waals surface area contributed by atoms with E-state index >= 15 is 0 Å². The van der Waals surface area contributed by atoms with Crippen LogP contribution in [0.2, 0.25) is 0 Å². The molecule has 0 aromatic heterocycles. The van der Waals surface area contributed by atoms with E-state index < -0.39 is 39.8 Å². The van der Waals surface area contributed by atoms with E-state index in [1.165, 1.54) is 19.1 Å². The van der Waals surface area contributed by atoms with Gasteiger partial charge in [0, 0.05) is 22.2 Å². The van der Waals surface area contributed by atoms with Crippen molar-refractivity contribution >= 4 is 33.4 Å². The average Bonchev–Trinajstić information content (AvgIpc) is 2.56. The minimum absolute atomic E-state index is 0.0386. The molecule has 0 N–H and O–H groups in total. The smallest absolute Gasteiger partial charge is 0.304 e. The van der Waals surface area contributed by atoms with E-state index in [1.54, 1.807) is 26.0 Å². The molecule has 148 valence electrons. The highest BCUT2D eigenvalue weighted by Crippen LogP contribution is 2.63. The van der Waals surface area contributed by atoms with Crippen molar-refractivity contribution in [3.63, 3.8) is 0 Å². The Hall–Kier alpha value is -0.800. The highest BCUT2D eigenvalue weighted by molar-refractivity contribution is 9.10. The van der Waals surface area contributed by atoms with Crippen LogP contribution in [0, 0.1) is 10.1 Å². The SMILES string of the molecule is CCOP(=O)(OCC)[C@@](CC)(CCS(=O)(=O)c1ccc(Br)cc1)[N+](=O)[O-]. The van der Waals surface area contributed by atoms with E-state index in [4.69, 9.17) is 9.05 Å². The Morgan fingerprint density at radius 1 is 1.15 bits per heavy atom. The van der Waals surface area contributed by atoms with Crippen LogP contribution in [0.15, 0.2) is 33.6 Å². The maximum Gasteiger partial charge on any atom is 0.406 e. The van der Waals surface area contributed by atoms with Crippen LogP contribution in [0.1, 0.15) is 33.6 Å². The maximum atomic E-state index is 13.1. The molecule has 0 fully saturated rings. The molecule has 0 saturated heterocycles. The summed E-state index contributed by atoms with van der Waals surface area (Å²) in [6, 6.07) is 5.95. The molecule has 1 rings (SSSR count). The van der Waals surface area contributed by atoms with Crippen LogP contribution in [0.4, 0.5) is 0 Å². The normalized spacial score (nSPS) is 14.8. The fourth-order valence-electron chi connectivity index (χ4n) is 2.50. The van der Waals surface area contributed by atoms with Crippen LogP contribution in [-0.2, 0) is 23.4 Å². The lowest BCUT2D eigenvalue weighted by Crippen LogP contribution is -2.40. The molecule has 0 aliphatic rings. The first kappa shape index (κ1) is 23.2. The molecule has 0 heterocycles. The topological polar surface area (TPSA) is 113 Å². The zero-order chi connectivity index (χ0) is 20.0. The van der Waals surface area contributed by atoms with Gasteiger partial charge in [-0.1, -0.05) is 22.9 Å². The van der Waals surface area contributed by atoms with Crippen molar-refractivity contribution in [1.82, 2.24) is 0 Å². The molecule has 1 atom stereocenters. The Morgan fingerprint density at radius 2 is 1.65 bits per heavy atom. The third-order valence-corrected chi connectivity index (χ3v) is 9.14. The Balaban J connectivity index is 3.24. The zero-order valence-electron chi connectivity index (χ0n) is 14.9. The minimum Gasteiger partial charge on any atom is -0.304 e. The Bertz CT molecular complexity index is 759. The van der Waals surface area contributed by atoms with Crippen LogP contribution in [-0.4, -0.2) is 37.6 Å². The number of halogens is 1. The molecule has 0 aliphatic carbocycles. The lowest BCUT2D eigenvalue weighted by Gasteiger charge is -2.30. The van der Waals surface area contributed by atoms with Gasteiger partial charge in [-0.25, -0.2) is 8.42 Å². The number of hydrogen-bond donors (Lipinski definition) is 0. The first-order chi connectivity index (χ1) is 12.1. The Kier molecular flexibility index (Phi) is 8.41. The molecule has 0 spiro atoms. The second kappa shape index (κ2) is 9.41. The number of hydrogen-bond acceptors (Lipinski definition) is 7. The van der Waals surface area contributed by atoms with Gasteiger partial charge in [-0.05, 0) is 38.1 Å². The molecular formula is C15H23BrNO7PS. The lowest BCUT2D eigenvalue weighted by atomic mass is 10.2. The second-order valence-corrected chi connectivity index (χ2v) is 10.8. The van der Waals surface area contributed by atoms with Crippen molar-refractivity contribution in [3.05, 3.63) is 38.9 Å².